The van der Waals surface area contributed by atoms with Gasteiger partial charge in [-0.15, -0.1) is 0 Å². The summed E-state index contributed by atoms with van der Waals surface area (Å²) >= 11 is 0. The molecule has 0 aliphatic rings. The molecule has 2 N–H and O–H groups in total. The van der Waals surface area contributed by atoms with E-state index in [2.05, 4.69) is 0 Å². The SMILES string of the molecule is CCC(N)(CC)Cc1cc(F)ccc1[N+](=O)[O-]. The first kappa shape index (κ1) is 13.6. The molecule has 4 nitrogen and oxygen atoms in total. The van der Waals surface area contributed by atoms with Gasteiger partial charge in [-0.2, -0.15) is 0 Å². The number of hydrogen-bond donors (Lipinski definition) is 1. The van der Waals surface area contributed by atoms with E-state index in [1.54, 1.807) is 0 Å². The lowest BCUT2D eigenvalue weighted by atomic mass is 9.86. The Labute approximate surface area is 99.8 Å². The first-order chi connectivity index (χ1) is 7.91. The summed E-state index contributed by atoms with van der Waals surface area (Å²) in [6.45, 7) is 3.85. The molecule has 0 aromatic heterocycles. The van der Waals surface area contributed by atoms with Crippen LogP contribution >= 0.6 is 0 Å². The maximum absolute atomic E-state index is 13.1. The average molecular weight is 240 g/mol. The number of hydrogen-bond acceptors (Lipinski definition) is 3. The lowest BCUT2D eigenvalue weighted by Gasteiger charge is -2.26. The second-order valence-corrected chi connectivity index (χ2v) is 4.28. The van der Waals surface area contributed by atoms with Gasteiger partial charge in [0, 0.05) is 17.2 Å². The largest absolute Gasteiger partial charge is 0.325 e. The van der Waals surface area contributed by atoms with Gasteiger partial charge in [0.05, 0.1) is 4.92 Å². The van der Waals surface area contributed by atoms with Crippen LogP contribution in [0.4, 0.5) is 10.1 Å². The summed E-state index contributed by atoms with van der Waals surface area (Å²) in [6.07, 6.45) is 1.70. The monoisotopic (exact) mass is 240 g/mol. The summed E-state index contributed by atoms with van der Waals surface area (Å²) in [6, 6.07) is 3.49. The van der Waals surface area contributed by atoms with Crippen LogP contribution in [-0.4, -0.2) is 10.5 Å². The Morgan fingerprint density at radius 3 is 2.47 bits per heavy atom. The molecule has 1 aromatic carbocycles. The molecule has 1 rings (SSSR count). The standard InChI is InChI=1S/C12H17FN2O2/c1-3-12(14,4-2)8-9-7-10(13)5-6-11(9)15(16)17/h5-7H,3-4,8,14H2,1-2H3. The quantitative estimate of drug-likeness (QED) is 0.635. The number of nitro groups is 1. The van der Waals surface area contributed by atoms with E-state index in [1.165, 1.54) is 12.1 Å². The third-order valence-electron chi connectivity index (χ3n) is 3.19. The van der Waals surface area contributed by atoms with Crippen LogP contribution in [0.25, 0.3) is 0 Å². The first-order valence-corrected chi connectivity index (χ1v) is 5.63. The predicted molar refractivity (Wildman–Crippen MR) is 64.3 cm³/mol. The topological polar surface area (TPSA) is 69.2 Å². The first-order valence-electron chi connectivity index (χ1n) is 5.63. The Morgan fingerprint density at radius 1 is 1.41 bits per heavy atom. The normalized spacial score (nSPS) is 11.5. The van der Waals surface area contributed by atoms with E-state index in [0.717, 1.165) is 6.07 Å². The van der Waals surface area contributed by atoms with Crippen molar-refractivity contribution in [3.8, 4) is 0 Å². The van der Waals surface area contributed by atoms with E-state index in [0.29, 0.717) is 24.8 Å². The molecule has 1 aromatic rings. The van der Waals surface area contributed by atoms with Crippen LogP contribution in [0.1, 0.15) is 32.3 Å². The Bertz CT molecular complexity index is 417. The molecular weight excluding hydrogens is 223 g/mol. The van der Waals surface area contributed by atoms with Gasteiger partial charge >= 0.3 is 0 Å². The average Bonchev–Trinajstić information content (AvgIpc) is 2.28. The molecule has 0 amide bonds. The van der Waals surface area contributed by atoms with Crippen LogP contribution < -0.4 is 5.73 Å². The number of rotatable bonds is 5. The van der Waals surface area contributed by atoms with Crippen molar-refractivity contribution in [3.63, 3.8) is 0 Å². The minimum Gasteiger partial charge on any atom is -0.325 e. The highest BCUT2D eigenvalue weighted by atomic mass is 19.1. The van der Waals surface area contributed by atoms with Gasteiger partial charge in [0.1, 0.15) is 5.82 Å². The van der Waals surface area contributed by atoms with Crippen LogP contribution in [0.15, 0.2) is 18.2 Å². The van der Waals surface area contributed by atoms with E-state index in [-0.39, 0.29) is 5.69 Å². The summed E-state index contributed by atoms with van der Waals surface area (Å²) in [5.74, 6) is -0.472. The van der Waals surface area contributed by atoms with Gasteiger partial charge < -0.3 is 5.73 Å². The lowest BCUT2D eigenvalue weighted by molar-refractivity contribution is -0.385. The molecule has 0 fully saturated rings. The molecule has 0 atom stereocenters. The summed E-state index contributed by atoms with van der Waals surface area (Å²) in [7, 11) is 0. The Kier molecular flexibility index (Phi) is 4.17. The molecule has 94 valence electrons. The van der Waals surface area contributed by atoms with Crippen molar-refractivity contribution in [2.45, 2.75) is 38.6 Å². The van der Waals surface area contributed by atoms with Crippen LogP contribution in [0, 0.1) is 15.9 Å². The molecule has 0 bridgehead atoms. The predicted octanol–water partition coefficient (Wildman–Crippen LogP) is 2.79. The summed E-state index contributed by atoms with van der Waals surface area (Å²) in [5.41, 5.74) is 5.88. The second kappa shape index (κ2) is 5.23. The molecule has 5 heteroatoms. The van der Waals surface area contributed by atoms with Crippen molar-refractivity contribution in [2.24, 2.45) is 5.73 Å². The Balaban J connectivity index is 3.12. The van der Waals surface area contributed by atoms with Gasteiger partial charge in [0.15, 0.2) is 0 Å². The highest BCUT2D eigenvalue weighted by molar-refractivity contribution is 5.41. The van der Waals surface area contributed by atoms with Crippen LogP contribution in [0.5, 0.6) is 0 Å². The van der Waals surface area contributed by atoms with Crippen molar-refractivity contribution >= 4 is 5.69 Å². The van der Waals surface area contributed by atoms with Crippen molar-refractivity contribution in [1.82, 2.24) is 0 Å². The minimum atomic E-state index is -0.515. The molecular formula is C12H17FN2O2. The number of nitrogens with zero attached hydrogens (tertiary/aromatic N) is 1. The fourth-order valence-corrected chi connectivity index (χ4v) is 1.75. The van der Waals surface area contributed by atoms with Gasteiger partial charge in [-0.05, 0) is 31.4 Å². The minimum absolute atomic E-state index is 0.0666. The van der Waals surface area contributed by atoms with Crippen LogP contribution in [0.2, 0.25) is 0 Å². The smallest absolute Gasteiger partial charge is 0.272 e. The fourth-order valence-electron chi connectivity index (χ4n) is 1.75. The van der Waals surface area contributed by atoms with E-state index in [4.69, 9.17) is 5.73 Å². The Hall–Kier alpha value is -1.49. The summed E-state index contributed by atoms with van der Waals surface area (Å²) in [4.78, 5) is 10.3. The van der Waals surface area contributed by atoms with Crippen LogP contribution in [0.3, 0.4) is 0 Å². The fraction of sp³-hybridized carbons (Fsp3) is 0.500. The molecule has 0 saturated heterocycles. The van der Waals surface area contributed by atoms with E-state index in [1.807, 2.05) is 13.8 Å². The highest BCUT2D eigenvalue weighted by Gasteiger charge is 2.25. The zero-order chi connectivity index (χ0) is 13.1. The molecule has 0 aliphatic carbocycles. The zero-order valence-corrected chi connectivity index (χ0v) is 10.1. The molecule has 0 saturated carbocycles. The number of halogens is 1. The van der Waals surface area contributed by atoms with E-state index in [9.17, 15) is 14.5 Å². The van der Waals surface area contributed by atoms with Crippen LogP contribution in [-0.2, 0) is 6.42 Å². The van der Waals surface area contributed by atoms with Gasteiger partial charge in [0.2, 0.25) is 0 Å². The highest BCUT2D eigenvalue weighted by Crippen LogP contribution is 2.26. The maximum Gasteiger partial charge on any atom is 0.272 e. The molecule has 0 radical (unpaired) electrons. The number of nitro benzene ring substituents is 1. The molecule has 0 aliphatic heterocycles. The van der Waals surface area contributed by atoms with Crippen molar-refractivity contribution < 1.29 is 9.31 Å². The zero-order valence-electron chi connectivity index (χ0n) is 10.1. The van der Waals surface area contributed by atoms with Crippen molar-refractivity contribution in [2.75, 3.05) is 0 Å². The molecule has 0 heterocycles. The van der Waals surface area contributed by atoms with E-state index >= 15 is 0 Å². The Morgan fingerprint density at radius 2 is 2.00 bits per heavy atom. The molecule has 17 heavy (non-hydrogen) atoms. The number of nitrogens with two attached hydrogens (primary N) is 1. The third-order valence-corrected chi connectivity index (χ3v) is 3.19. The summed E-state index contributed by atoms with van der Waals surface area (Å²) in [5, 5.41) is 10.8. The van der Waals surface area contributed by atoms with E-state index < -0.39 is 16.3 Å². The van der Waals surface area contributed by atoms with Gasteiger partial charge in [-0.1, -0.05) is 13.8 Å². The second-order valence-electron chi connectivity index (χ2n) is 4.28. The van der Waals surface area contributed by atoms with Gasteiger partial charge in [-0.3, -0.25) is 10.1 Å². The number of benzene rings is 1. The maximum atomic E-state index is 13.1. The third kappa shape index (κ3) is 3.23. The van der Waals surface area contributed by atoms with Gasteiger partial charge in [-0.25, -0.2) is 4.39 Å². The van der Waals surface area contributed by atoms with Crippen molar-refractivity contribution in [3.05, 3.63) is 39.7 Å². The molecule has 0 spiro atoms. The van der Waals surface area contributed by atoms with Gasteiger partial charge in [0.25, 0.3) is 5.69 Å². The van der Waals surface area contributed by atoms with Crippen molar-refractivity contribution in [1.29, 1.82) is 0 Å². The summed E-state index contributed by atoms with van der Waals surface area (Å²) < 4.78 is 13.1. The lowest BCUT2D eigenvalue weighted by Crippen LogP contribution is -2.40. The molecule has 0 unspecified atom stereocenters.